The number of hydrogen-bond donors (Lipinski definition) is 0. The van der Waals surface area contributed by atoms with E-state index < -0.39 is 16.0 Å². The Morgan fingerprint density at radius 2 is 1.88 bits per heavy atom. The highest BCUT2D eigenvalue weighted by molar-refractivity contribution is 7.89. The molecule has 0 unspecified atom stereocenters. The molecule has 94 valence electrons. The largest absolute Gasteiger partial charge is 0.468 e. The first-order valence-electron chi connectivity index (χ1n) is 5.50. The molecule has 0 aromatic rings. The monoisotopic (exact) mass is 249 g/mol. The summed E-state index contributed by atoms with van der Waals surface area (Å²) >= 11 is 0. The topological polar surface area (TPSA) is 63.7 Å². The lowest BCUT2D eigenvalue weighted by Gasteiger charge is -2.26. The fraction of sp³-hybridized carbons (Fsp3) is 0.900. The summed E-state index contributed by atoms with van der Waals surface area (Å²) in [6.45, 7) is -0.199. The molecule has 1 fully saturated rings. The van der Waals surface area contributed by atoms with Crippen molar-refractivity contribution in [2.24, 2.45) is 0 Å². The van der Waals surface area contributed by atoms with E-state index in [1.807, 2.05) is 0 Å². The fourth-order valence-electron chi connectivity index (χ4n) is 1.95. The Kier molecular flexibility index (Phi) is 4.73. The van der Waals surface area contributed by atoms with E-state index in [1.54, 1.807) is 0 Å². The number of carbonyl (C=O) groups excluding carboxylic acids is 1. The number of nitrogens with zero attached hydrogens (tertiary/aromatic N) is 1. The molecule has 0 aromatic heterocycles. The number of rotatable bonds is 4. The predicted octanol–water partition coefficient (Wildman–Crippen LogP) is 0.754. The number of likely N-dealkylation sites (N-methyl/N-ethyl adjacent to an activating group) is 1. The molecule has 1 saturated carbocycles. The zero-order valence-electron chi connectivity index (χ0n) is 9.81. The van der Waals surface area contributed by atoms with E-state index >= 15 is 0 Å². The molecule has 0 aliphatic heterocycles. The standard InChI is InChI=1S/C10H19NO4S/c1-11(8-10(12)15-2)16(13,14)9-6-4-3-5-7-9/h9H,3-8H2,1-2H3. The summed E-state index contributed by atoms with van der Waals surface area (Å²) in [4.78, 5) is 11.0. The maximum absolute atomic E-state index is 12.1. The Balaban J connectivity index is 2.64. The average Bonchev–Trinajstić information content (AvgIpc) is 2.29. The van der Waals surface area contributed by atoms with Crippen LogP contribution >= 0.6 is 0 Å². The molecule has 6 heteroatoms. The van der Waals surface area contributed by atoms with Gasteiger partial charge in [0, 0.05) is 7.05 Å². The molecule has 0 atom stereocenters. The first kappa shape index (κ1) is 13.4. The maximum atomic E-state index is 12.1. The second-order valence-corrected chi connectivity index (χ2v) is 6.46. The van der Waals surface area contributed by atoms with Crippen LogP contribution in [0.15, 0.2) is 0 Å². The molecule has 0 bridgehead atoms. The quantitative estimate of drug-likeness (QED) is 0.690. The lowest BCUT2D eigenvalue weighted by atomic mass is 10.0. The molecule has 16 heavy (non-hydrogen) atoms. The van der Waals surface area contributed by atoms with Crippen molar-refractivity contribution in [2.45, 2.75) is 37.4 Å². The molecule has 0 aromatic carbocycles. The van der Waals surface area contributed by atoms with Gasteiger partial charge in [-0.25, -0.2) is 8.42 Å². The lowest BCUT2D eigenvalue weighted by molar-refractivity contribution is -0.140. The smallest absolute Gasteiger partial charge is 0.320 e. The summed E-state index contributed by atoms with van der Waals surface area (Å²) in [6, 6.07) is 0. The molecule has 0 N–H and O–H groups in total. The third-order valence-electron chi connectivity index (χ3n) is 2.99. The van der Waals surface area contributed by atoms with Gasteiger partial charge >= 0.3 is 5.97 Å². The average molecular weight is 249 g/mol. The number of sulfonamides is 1. The summed E-state index contributed by atoms with van der Waals surface area (Å²) in [6.07, 6.45) is 4.42. The molecule has 0 saturated heterocycles. The molecule has 0 amide bonds. The highest BCUT2D eigenvalue weighted by Crippen LogP contribution is 2.25. The van der Waals surface area contributed by atoms with E-state index in [1.165, 1.54) is 14.2 Å². The van der Waals surface area contributed by atoms with Gasteiger partial charge in [-0.15, -0.1) is 0 Å². The maximum Gasteiger partial charge on any atom is 0.320 e. The van der Waals surface area contributed by atoms with Crippen molar-refractivity contribution in [1.82, 2.24) is 4.31 Å². The summed E-state index contributed by atoms with van der Waals surface area (Å²) in [5.41, 5.74) is 0. The van der Waals surface area contributed by atoms with Gasteiger partial charge in [-0.1, -0.05) is 19.3 Å². The van der Waals surface area contributed by atoms with Gasteiger partial charge in [-0.05, 0) is 12.8 Å². The van der Waals surface area contributed by atoms with Gasteiger partial charge in [0.25, 0.3) is 0 Å². The van der Waals surface area contributed by atoms with Crippen molar-refractivity contribution in [3.05, 3.63) is 0 Å². The van der Waals surface area contributed by atoms with Gasteiger partial charge in [-0.3, -0.25) is 4.79 Å². The van der Waals surface area contributed by atoms with Crippen molar-refractivity contribution in [3.63, 3.8) is 0 Å². The Bertz CT molecular complexity index is 333. The summed E-state index contributed by atoms with van der Waals surface area (Å²) in [5, 5.41) is -0.323. The normalized spacial score (nSPS) is 18.7. The van der Waals surface area contributed by atoms with Crippen LogP contribution in [0.3, 0.4) is 0 Å². The number of esters is 1. The molecule has 1 aliphatic carbocycles. The van der Waals surface area contributed by atoms with E-state index in [9.17, 15) is 13.2 Å². The van der Waals surface area contributed by atoms with Crippen LogP contribution in [-0.4, -0.2) is 44.6 Å². The van der Waals surface area contributed by atoms with Crippen LogP contribution in [0.1, 0.15) is 32.1 Å². The van der Waals surface area contributed by atoms with Crippen molar-refractivity contribution in [1.29, 1.82) is 0 Å². The van der Waals surface area contributed by atoms with E-state index in [2.05, 4.69) is 4.74 Å². The number of methoxy groups -OCH3 is 1. The zero-order valence-corrected chi connectivity index (χ0v) is 10.6. The van der Waals surface area contributed by atoms with Crippen molar-refractivity contribution in [2.75, 3.05) is 20.7 Å². The zero-order chi connectivity index (χ0) is 12.2. The van der Waals surface area contributed by atoms with Crippen molar-refractivity contribution < 1.29 is 17.9 Å². The van der Waals surface area contributed by atoms with E-state index in [4.69, 9.17) is 0 Å². The highest BCUT2D eigenvalue weighted by atomic mass is 32.2. The van der Waals surface area contributed by atoms with E-state index in [-0.39, 0.29) is 11.8 Å². The predicted molar refractivity (Wildman–Crippen MR) is 60.4 cm³/mol. The molecule has 5 nitrogen and oxygen atoms in total. The van der Waals surface area contributed by atoms with Gasteiger partial charge in [-0.2, -0.15) is 4.31 Å². The summed E-state index contributed by atoms with van der Waals surface area (Å²) in [5.74, 6) is -0.526. The molecule has 1 rings (SSSR count). The van der Waals surface area contributed by atoms with Crippen LogP contribution in [0.25, 0.3) is 0 Å². The van der Waals surface area contributed by atoms with E-state index in [0.29, 0.717) is 12.8 Å². The number of carbonyl (C=O) groups is 1. The summed E-state index contributed by atoms with van der Waals surface area (Å²) < 4.78 is 29.7. The first-order valence-corrected chi connectivity index (χ1v) is 7.00. The second kappa shape index (κ2) is 5.63. The number of hydrogen-bond acceptors (Lipinski definition) is 4. The van der Waals surface area contributed by atoms with Gasteiger partial charge < -0.3 is 4.74 Å². The van der Waals surface area contributed by atoms with Crippen molar-refractivity contribution >= 4 is 16.0 Å². The second-order valence-electron chi connectivity index (χ2n) is 4.14. The van der Waals surface area contributed by atoms with Gasteiger partial charge in [0.2, 0.25) is 10.0 Å². The molecular weight excluding hydrogens is 230 g/mol. The third-order valence-corrected chi connectivity index (χ3v) is 5.30. The van der Waals surface area contributed by atoms with Crippen LogP contribution in [0.4, 0.5) is 0 Å². The fourth-order valence-corrected chi connectivity index (χ4v) is 3.68. The Morgan fingerprint density at radius 1 is 1.31 bits per heavy atom. The Labute approximate surface area is 96.8 Å². The molecule has 0 heterocycles. The minimum Gasteiger partial charge on any atom is -0.468 e. The van der Waals surface area contributed by atoms with Crippen LogP contribution in [0, 0.1) is 0 Å². The van der Waals surface area contributed by atoms with Crippen LogP contribution in [0.5, 0.6) is 0 Å². The SMILES string of the molecule is COC(=O)CN(C)S(=O)(=O)C1CCCCC1. The van der Waals surface area contributed by atoms with Crippen LogP contribution in [0.2, 0.25) is 0 Å². The van der Waals surface area contributed by atoms with Crippen molar-refractivity contribution in [3.8, 4) is 0 Å². The third kappa shape index (κ3) is 3.18. The van der Waals surface area contributed by atoms with Crippen LogP contribution in [-0.2, 0) is 19.6 Å². The molecule has 0 spiro atoms. The highest BCUT2D eigenvalue weighted by Gasteiger charge is 2.31. The minimum atomic E-state index is -3.33. The first-order chi connectivity index (χ1) is 7.48. The molecule has 0 radical (unpaired) electrons. The number of ether oxygens (including phenoxy) is 1. The lowest BCUT2D eigenvalue weighted by Crippen LogP contribution is -2.40. The van der Waals surface area contributed by atoms with Gasteiger partial charge in [0.1, 0.15) is 6.54 Å². The minimum absolute atomic E-state index is 0.199. The summed E-state index contributed by atoms with van der Waals surface area (Å²) in [7, 11) is -0.650. The van der Waals surface area contributed by atoms with Gasteiger partial charge in [0.05, 0.1) is 12.4 Å². The molecule has 1 aliphatic rings. The Hall–Kier alpha value is -0.620. The Morgan fingerprint density at radius 3 is 2.38 bits per heavy atom. The van der Waals surface area contributed by atoms with Crippen LogP contribution < -0.4 is 0 Å². The van der Waals surface area contributed by atoms with Gasteiger partial charge in [0.15, 0.2) is 0 Å². The van der Waals surface area contributed by atoms with E-state index in [0.717, 1.165) is 23.6 Å². The molecular formula is C10H19NO4S.